The zero-order chi connectivity index (χ0) is 18.1. The Morgan fingerprint density at radius 2 is 1.68 bits per heavy atom. The van der Waals surface area contributed by atoms with E-state index in [0.29, 0.717) is 17.1 Å². The number of benzene rings is 2. The molecule has 0 spiro atoms. The van der Waals surface area contributed by atoms with Crippen LogP contribution in [0.2, 0.25) is 0 Å². The molecule has 0 radical (unpaired) electrons. The van der Waals surface area contributed by atoms with E-state index in [1.54, 1.807) is 44.4 Å². The van der Waals surface area contributed by atoms with E-state index >= 15 is 0 Å². The highest BCUT2D eigenvalue weighted by Gasteiger charge is 2.12. The molecular formula is C19H19N3O3. The second-order valence-electron chi connectivity index (χ2n) is 5.12. The Balaban J connectivity index is 1.87. The standard InChI is InChI=1S/C19H19N3O3/c1-14(8-9-15-6-4-3-5-7-15)21-22-19(24)18(23)20-16-10-12-17(25-2)13-11-16/h3-13H,1-2H3,(H,20,23)(H,22,24)/b9-8+,21-14+. The molecule has 2 rings (SSSR count). The molecular weight excluding hydrogens is 318 g/mol. The third kappa shape index (κ3) is 5.95. The van der Waals surface area contributed by atoms with Gasteiger partial charge in [-0.3, -0.25) is 9.59 Å². The van der Waals surface area contributed by atoms with Crippen molar-refractivity contribution in [1.29, 1.82) is 0 Å². The van der Waals surface area contributed by atoms with E-state index in [2.05, 4.69) is 15.8 Å². The molecule has 25 heavy (non-hydrogen) atoms. The second-order valence-corrected chi connectivity index (χ2v) is 5.12. The molecule has 0 saturated heterocycles. The molecule has 0 unspecified atom stereocenters. The van der Waals surface area contributed by atoms with Crippen LogP contribution in [0.1, 0.15) is 12.5 Å². The topological polar surface area (TPSA) is 79.8 Å². The predicted molar refractivity (Wildman–Crippen MR) is 98.4 cm³/mol. The molecule has 0 saturated carbocycles. The van der Waals surface area contributed by atoms with Crippen LogP contribution in [0, 0.1) is 0 Å². The molecule has 128 valence electrons. The van der Waals surface area contributed by atoms with Crippen molar-refractivity contribution in [3.8, 4) is 5.75 Å². The van der Waals surface area contributed by atoms with Crippen LogP contribution in [0.4, 0.5) is 5.69 Å². The Kier molecular flexibility index (Phi) is 6.47. The van der Waals surface area contributed by atoms with Crippen LogP contribution in [0.3, 0.4) is 0 Å². The van der Waals surface area contributed by atoms with Crippen molar-refractivity contribution >= 4 is 29.3 Å². The molecule has 2 N–H and O–H groups in total. The maximum atomic E-state index is 11.8. The predicted octanol–water partition coefficient (Wildman–Crippen LogP) is 2.84. The number of nitrogens with zero attached hydrogens (tertiary/aromatic N) is 1. The van der Waals surface area contributed by atoms with Crippen LogP contribution in [0.15, 0.2) is 65.8 Å². The zero-order valence-electron chi connectivity index (χ0n) is 14.0. The summed E-state index contributed by atoms with van der Waals surface area (Å²) in [5, 5.41) is 6.36. The Morgan fingerprint density at radius 3 is 2.32 bits per heavy atom. The van der Waals surface area contributed by atoms with Crippen LogP contribution in [-0.4, -0.2) is 24.6 Å². The van der Waals surface area contributed by atoms with Gasteiger partial charge < -0.3 is 10.1 Å². The van der Waals surface area contributed by atoms with Gasteiger partial charge in [0.25, 0.3) is 0 Å². The quantitative estimate of drug-likeness (QED) is 0.500. The van der Waals surface area contributed by atoms with E-state index in [0.717, 1.165) is 5.56 Å². The molecule has 0 fully saturated rings. The van der Waals surface area contributed by atoms with Crippen molar-refractivity contribution < 1.29 is 14.3 Å². The summed E-state index contributed by atoms with van der Waals surface area (Å²) in [7, 11) is 1.55. The number of rotatable bonds is 5. The van der Waals surface area contributed by atoms with E-state index < -0.39 is 11.8 Å². The third-order valence-corrected chi connectivity index (χ3v) is 3.20. The number of amides is 2. The number of carbonyl (C=O) groups excluding carboxylic acids is 2. The summed E-state index contributed by atoms with van der Waals surface area (Å²) in [4.78, 5) is 23.6. The van der Waals surface area contributed by atoms with Gasteiger partial charge in [0, 0.05) is 5.69 Å². The summed E-state index contributed by atoms with van der Waals surface area (Å²) < 4.78 is 5.03. The lowest BCUT2D eigenvalue weighted by Crippen LogP contribution is -2.32. The maximum absolute atomic E-state index is 11.8. The molecule has 0 heterocycles. The van der Waals surface area contributed by atoms with Crippen molar-refractivity contribution in [1.82, 2.24) is 5.43 Å². The van der Waals surface area contributed by atoms with Gasteiger partial charge in [-0.25, -0.2) is 5.43 Å². The lowest BCUT2D eigenvalue weighted by Gasteiger charge is -2.05. The molecule has 2 aromatic carbocycles. The number of hydrazone groups is 1. The number of methoxy groups -OCH3 is 1. The summed E-state index contributed by atoms with van der Waals surface area (Å²) in [6.45, 7) is 1.72. The van der Waals surface area contributed by atoms with Crippen molar-refractivity contribution in [2.45, 2.75) is 6.92 Å². The minimum Gasteiger partial charge on any atom is -0.497 e. The average molecular weight is 337 g/mol. The first-order valence-electron chi connectivity index (χ1n) is 7.61. The fourth-order valence-corrected chi connectivity index (χ4v) is 1.87. The SMILES string of the molecule is COc1ccc(NC(=O)C(=O)N/N=C(C)/C=C/c2ccccc2)cc1. The highest BCUT2D eigenvalue weighted by Crippen LogP contribution is 2.14. The first-order chi connectivity index (χ1) is 12.1. The first-order valence-corrected chi connectivity index (χ1v) is 7.61. The highest BCUT2D eigenvalue weighted by molar-refractivity contribution is 6.39. The maximum Gasteiger partial charge on any atom is 0.329 e. The summed E-state index contributed by atoms with van der Waals surface area (Å²) >= 11 is 0. The smallest absolute Gasteiger partial charge is 0.329 e. The number of nitrogens with one attached hydrogen (secondary N) is 2. The zero-order valence-corrected chi connectivity index (χ0v) is 14.0. The number of carbonyl (C=O) groups is 2. The van der Waals surface area contributed by atoms with Gasteiger partial charge in [-0.1, -0.05) is 36.4 Å². The molecule has 0 atom stereocenters. The van der Waals surface area contributed by atoms with Gasteiger partial charge in [-0.2, -0.15) is 5.10 Å². The van der Waals surface area contributed by atoms with Crippen LogP contribution >= 0.6 is 0 Å². The van der Waals surface area contributed by atoms with Crippen molar-refractivity contribution in [3.05, 3.63) is 66.2 Å². The summed E-state index contributed by atoms with van der Waals surface area (Å²) in [5.41, 5.74) is 4.29. The largest absolute Gasteiger partial charge is 0.497 e. The van der Waals surface area contributed by atoms with Gasteiger partial charge in [0.1, 0.15) is 5.75 Å². The molecule has 0 aliphatic heterocycles. The number of hydrogen-bond donors (Lipinski definition) is 2. The Morgan fingerprint density at radius 1 is 1.00 bits per heavy atom. The molecule has 0 bridgehead atoms. The van der Waals surface area contributed by atoms with E-state index in [1.807, 2.05) is 36.4 Å². The average Bonchev–Trinajstić information content (AvgIpc) is 2.65. The molecule has 6 heteroatoms. The van der Waals surface area contributed by atoms with Gasteiger partial charge in [-0.15, -0.1) is 0 Å². The van der Waals surface area contributed by atoms with Crippen molar-refractivity contribution in [3.63, 3.8) is 0 Å². The van der Waals surface area contributed by atoms with Crippen molar-refractivity contribution in [2.75, 3.05) is 12.4 Å². The lowest BCUT2D eigenvalue weighted by atomic mass is 10.2. The van der Waals surface area contributed by atoms with Gasteiger partial charge in [-0.05, 0) is 42.8 Å². The van der Waals surface area contributed by atoms with E-state index in [4.69, 9.17) is 4.74 Å². The summed E-state index contributed by atoms with van der Waals surface area (Å²) in [6, 6.07) is 16.3. The van der Waals surface area contributed by atoms with Gasteiger partial charge in [0.05, 0.1) is 12.8 Å². The minimum absolute atomic E-state index is 0.491. The molecule has 0 aliphatic carbocycles. The Bertz CT molecular complexity index is 781. The Labute approximate surface area is 146 Å². The second kappa shape index (κ2) is 9.02. The van der Waals surface area contributed by atoms with E-state index in [1.165, 1.54) is 0 Å². The first kappa shape index (κ1) is 17.9. The van der Waals surface area contributed by atoms with Crippen molar-refractivity contribution in [2.24, 2.45) is 5.10 Å². The monoisotopic (exact) mass is 337 g/mol. The third-order valence-electron chi connectivity index (χ3n) is 3.20. The number of ether oxygens (including phenoxy) is 1. The van der Waals surface area contributed by atoms with Crippen LogP contribution in [0.25, 0.3) is 6.08 Å². The van der Waals surface area contributed by atoms with E-state index in [-0.39, 0.29) is 0 Å². The minimum atomic E-state index is -0.844. The summed E-state index contributed by atoms with van der Waals surface area (Å²) in [5.74, 6) is -0.982. The Hall–Kier alpha value is -3.41. The molecule has 6 nitrogen and oxygen atoms in total. The van der Waals surface area contributed by atoms with Crippen LogP contribution in [0.5, 0.6) is 5.75 Å². The fraction of sp³-hybridized carbons (Fsp3) is 0.105. The number of allylic oxidation sites excluding steroid dienone is 1. The van der Waals surface area contributed by atoms with Crippen LogP contribution < -0.4 is 15.5 Å². The molecule has 0 aliphatic rings. The number of hydrogen-bond acceptors (Lipinski definition) is 4. The van der Waals surface area contributed by atoms with Crippen LogP contribution in [-0.2, 0) is 9.59 Å². The van der Waals surface area contributed by atoms with Gasteiger partial charge in [0.15, 0.2) is 0 Å². The summed E-state index contributed by atoms with van der Waals surface area (Å²) in [6.07, 6.45) is 3.61. The molecule has 0 aromatic heterocycles. The number of anilines is 1. The van der Waals surface area contributed by atoms with Gasteiger partial charge in [0.2, 0.25) is 0 Å². The fourth-order valence-electron chi connectivity index (χ4n) is 1.87. The lowest BCUT2D eigenvalue weighted by molar-refractivity contribution is -0.136. The molecule has 2 amide bonds. The normalized spacial score (nSPS) is 11.2. The molecule has 2 aromatic rings. The van der Waals surface area contributed by atoms with E-state index in [9.17, 15) is 9.59 Å². The highest BCUT2D eigenvalue weighted by atomic mass is 16.5. The van der Waals surface area contributed by atoms with Gasteiger partial charge >= 0.3 is 11.8 Å².